The summed E-state index contributed by atoms with van der Waals surface area (Å²) < 4.78 is 10.7. The van der Waals surface area contributed by atoms with Crippen molar-refractivity contribution in [3.63, 3.8) is 0 Å². The van der Waals surface area contributed by atoms with Crippen LogP contribution in [0.15, 0.2) is 24.3 Å². The van der Waals surface area contributed by atoms with Crippen molar-refractivity contribution in [1.29, 1.82) is 0 Å². The number of ether oxygens (including phenoxy) is 2. The molecule has 0 bridgehead atoms. The van der Waals surface area contributed by atoms with Gasteiger partial charge in [-0.25, -0.2) is 0 Å². The monoisotopic (exact) mass is 265 g/mol. The van der Waals surface area contributed by atoms with Crippen LogP contribution in [0.4, 0.5) is 0 Å². The maximum atomic E-state index is 11.7. The molecule has 1 aromatic rings. The predicted molar refractivity (Wildman–Crippen MR) is 75.6 cm³/mol. The molecule has 1 N–H and O–H groups in total. The Balaban J connectivity index is 2.25. The van der Waals surface area contributed by atoms with Gasteiger partial charge in [0, 0.05) is 12.0 Å². The third-order valence-electron chi connectivity index (χ3n) is 2.88. The third-order valence-corrected chi connectivity index (χ3v) is 2.88. The lowest BCUT2D eigenvalue weighted by molar-refractivity contribution is -0.124. The molecule has 4 heteroatoms. The van der Waals surface area contributed by atoms with Gasteiger partial charge in [-0.2, -0.15) is 0 Å². The van der Waals surface area contributed by atoms with E-state index in [1.54, 1.807) is 7.11 Å². The van der Waals surface area contributed by atoms with Crippen LogP contribution in [0.2, 0.25) is 0 Å². The van der Waals surface area contributed by atoms with Crippen LogP contribution in [0, 0.1) is 5.92 Å². The van der Waals surface area contributed by atoms with Crippen LogP contribution in [0.1, 0.15) is 26.7 Å². The highest BCUT2D eigenvalue weighted by molar-refractivity contribution is 5.78. The number of carbonyl (C=O) groups excluding carboxylic acids is 1. The molecule has 0 saturated heterocycles. The largest absolute Gasteiger partial charge is 0.497 e. The van der Waals surface area contributed by atoms with Crippen molar-refractivity contribution >= 4 is 5.91 Å². The highest BCUT2D eigenvalue weighted by Crippen LogP contribution is 2.18. The average molecular weight is 265 g/mol. The van der Waals surface area contributed by atoms with Crippen LogP contribution in [-0.2, 0) is 4.79 Å². The highest BCUT2D eigenvalue weighted by atomic mass is 16.5. The van der Waals surface area contributed by atoms with E-state index < -0.39 is 0 Å². The van der Waals surface area contributed by atoms with Crippen LogP contribution in [-0.4, -0.2) is 26.2 Å². The smallest absolute Gasteiger partial charge is 0.222 e. The molecule has 0 heterocycles. The van der Waals surface area contributed by atoms with Crippen molar-refractivity contribution in [2.45, 2.75) is 26.7 Å². The number of rotatable bonds is 8. The van der Waals surface area contributed by atoms with Crippen LogP contribution in [0.5, 0.6) is 11.5 Å². The maximum absolute atomic E-state index is 11.7. The van der Waals surface area contributed by atoms with Gasteiger partial charge in [-0.15, -0.1) is 0 Å². The molecular formula is C15H23NO3. The Morgan fingerprint density at radius 1 is 1.37 bits per heavy atom. The zero-order valence-corrected chi connectivity index (χ0v) is 11.9. The van der Waals surface area contributed by atoms with Gasteiger partial charge in [0.05, 0.1) is 13.7 Å². The van der Waals surface area contributed by atoms with Gasteiger partial charge in [0.2, 0.25) is 5.91 Å². The molecule has 0 aliphatic heterocycles. The molecule has 106 valence electrons. The van der Waals surface area contributed by atoms with E-state index in [9.17, 15) is 4.79 Å². The zero-order chi connectivity index (χ0) is 14.1. The zero-order valence-electron chi connectivity index (χ0n) is 11.9. The topological polar surface area (TPSA) is 47.6 Å². The molecule has 1 rings (SSSR count). The van der Waals surface area contributed by atoms with Gasteiger partial charge in [0.25, 0.3) is 0 Å². The first-order chi connectivity index (χ1) is 9.17. The van der Waals surface area contributed by atoms with Gasteiger partial charge < -0.3 is 14.8 Å². The molecule has 1 amide bonds. The second-order valence-electron chi connectivity index (χ2n) is 4.51. The molecule has 0 saturated carbocycles. The minimum absolute atomic E-state index is 0.0711. The minimum Gasteiger partial charge on any atom is -0.497 e. The normalized spacial score (nSPS) is 11.7. The summed E-state index contributed by atoms with van der Waals surface area (Å²) in [4.78, 5) is 11.7. The molecule has 1 unspecified atom stereocenters. The van der Waals surface area contributed by atoms with Crippen molar-refractivity contribution in [3.05, 3.63) is 24.3 Å². The summed E-state index contributed by atoms with van der Waals surface area (Å²) in [6.07, 6.45) is 1.94. The quantitative estimate of drug-likeness (QED) is 0.735. The fourth-order valence-corrected chi connectivity index (χ4v) is 1.77. The van der Waals surface area contributed by atoms with Crippen LogP contribution in [0.25, 0.3) is 0 Å². The van der Waals surface area contributed by atoms with E-state index >= 15 is 0 Å². The molecule has 0 fully saturated rings. The lowest BCUT2D eigenvalue weighted by Crippen LogP contribution is -2.32. The molecule has 0 aromatic heterocycles. The number of amides is 1. The number of benzene rings is 1. The Kier molecular flexibility index (Phi) is 6.79. The van der Waals surface area contributed by atoms with E-state index in [1.807, 2.05) is 31.2 Å². The number of hydrogen-bond donors (Lipinski definition) is 1. The first kappa shape index (κ1) is 15.3. The summed E-state index contributed by atoms with van der Waals surface area (Å²) >= 11 is 0. The van der Waals surface area contributed by atoms with E-state index in [2.05, 4.69) is 12.2 Å². The summed E-state index contributed by atoms with van der Waals surface area (Å²) in [6, 6.07) is 7.42. The molecule has 0 aliphatic rings. The van der Waals surface area contributed by atoms with Crippen molar-refractivity contribution < 1.29 is 14.3 Å². The van der Waals surface area contributed by atoms with Crippen LogP contribution in [0.3, 0.4) is 0 Å². The molecule has 1 atom stereocenters. The molecule has 0 aliphatic carbocycles. The van der Waals surface area contributed by atoms with E-state index in [-0.39, 0.29) is 11.8 Å². The standard InChI is InChI=1S/C15H23NO3/c1-4-6-12(2)15(17)16-9-10-19-14-8-5-7-13(11-14)18-3/h5,7-8,11-12H,4,6,9-10H2,1-3H3,(H,16,17). The average Bonchev–Trinajstić information content (AvgIpc) is 2.43. The Labute approximate surface area is 115 Å². The molecule has 1 aromatic carbocycles. The molecular weight excluding hydrogens is 242 g/mol. The van der Waals surface area contributed by atoms with Crippen LogP contribution >= 0.6 is 0 Å². The summed E-state index contributed by atoms with van der Waals surface area (Å²) in [6.45, 7) is 5.00. The SMILES string of the molecule is CCCC(C)C(=O)NCCOc1cccc(OC)c1. The third kappa shape index (κ3) is 5.64. The maximum Gasteiger partial charge on any atom is 0.222 e. The summed E-state index contributed by atoms with van der Waals surface area (Å²) in [7, 11) is 1.62. The highest BCUT2D eigenvalue weighted by Gasteiger charge is 2.10. The second-order valence-corrected chi connectivity index (χ2v) is 4.51. The van der Waals surface area contributed by atoms with E-state index in [4.69, 9.17) is 9.47 Å². The van der Waals surface area contributed by atoms with Gasteiger partial charge in [-0.3, -0.25) is 4.79 Å². The summed E-state index contributed by atoms with van der Waals surface area (Å²) in [5, 5.41) is 2.87. The lowest BCUT2D eigenvalue weighted by Gasteiger charge is -2.12. The van der Waals surface area contributed by atoms with E-state index in [0.29, 0.717) is 13.2 Å². The lowest BCUT2D eigenvalue weighted by atomic mass is 10.1. The Morgan fingerprint density at radius 2 is 2.11 bits per heavy atom. The second kappa shape index (κ2) is 8.40. The Morgan fingerprint density at radius 3 is 2.79 bits per heavy atom. The van der Waals surface area contributed by atoms with Gasteiger partial charge in [-0.1, -0.05) is 26.3 Å². The van der Waals surface area contributed by atoms with Crippen molar-refractivity contribution in [3.8, 4) is 11.5 Å². The van der Waals surface area contributed by atoms with Gasteiger partial charge >= 0.3 is 0 Å². The van der Waals surface area contributed by atoms with Gasteiger partial charge in [0.1, 0.15) is 18.1 Å². The minimum atomic E-state index is 0.0711. The van der Waals surface area contributed by atoms with Crippen molar-refractivity contribution in [2.24, 2.45) is 5.92 Å². The number of methoxy groups -OCH3 is 1. The summed E-state index contributed by atoms with van der Waals surface area (Å²) in [5.41, 5.74) is 0. The number of nitrogens with one attached hydrogen (secondary N) is 1. The fraction of sp³-hybridized carbons (Fsp3) is 0.533. The first-order valence-corrected chi connectivity index (χ1v) is 6.72. The molecule has 0 radical (unpaired) electrons. The summed E-state index contributed by atoms with van der Waals surface area (Å²) in [5.74, 6) is 1.67. The van der Waals surface area contributed by atoms with Gasteiger partial charge in [-0.05, 0) is 18.6 Å². The molecule has 4 nitrogen and oxygen atoms in total. The predicted octanol–water partition coefficient (Wildman–Crippen LogP) is 2.63. The number of hydrogen-bond acceptors (Lipinski definition) is 3. The Bertz CT molecular complexity index is 393. The van der Waals surface area contributed by atoms with E-state index in [1.165, 1.54) is 0 Å². The van der Waals surface area contributed by atoms with Crippen molar-refractivity contribution in [2.75, 3.05) is 20.3 Å². The molecule has 0 spiro atoms. The molecule has 19 heavy (non-hydrogen) atoms. The fourth-order valence-electron chi connectivity index (χ4n) is 1.77. The number of carbonyl (C=O) groups is 1. The first-order valence-electron chi connectivity index (χ1n) is 6.72. The van der Waals surface area contributed by atoms with E-state index in [0.717, 1.165) is 24.3 Å². The van der Waals surface area contributed by atoms with Gasteiger partial charge in [0.15, 0.2) is 0 Å². The van der Waals surface area contributed by atoms with Crippen LogP contribution < -0.4 is 14.8 Å². The van der Waals surface area contributed by atoms with Crippen molar-refractivity contribution in [1.82, 2.24) is 5.32 Å². The Hall–Kier alpha value is -1.71.